The predicted octanol–water partition coefficient (Wildman–Crippen LogP) is 4.09. The number of hydrogen-bond donors (Lipinski definition) is 1. The maximum atomic E-state index is 12.0. The third kappa shape index (κ3) is 3.89. The van der Waals surface area contributed by atoms with Gasteiger partial charge in [0.1, 0.15) is 0 Å². The van der Waals surface area contributed by atoms with Gasteiger partial charge in [0.05, 0.1) is 12.1 Å². The molecule has 3 aromatic rings. The summed E-state index contributed by atoms with van der Waals surface area (Å²) in [5, 5.41) is 9.29. The van der Waals surface area contributed by atoms with Crippen LogP contribution in [-0.4, -0.2) is 22.2 Å². The lowest BCUT2D eigenvalue weighted by molar-refractivity contribution is -0.121. The Labute approximate surface area is 150 Å². The summed E-state index contributed by atoms with van der Waals surface area (Å²) in [5.74, 6) is -0.0160. The molecule has 0 aliphatic heterocycles. The molecule has 2 aromatic carbocycles. The molecule has 0 aliphatic rings. The molecule has 0 aliphatic carbocycles. The van der Waals surface area contributed by atoms with Crippen molar-refractivity contribution >= 4 is 40.0 Å². The van der Waals surface area contributed by atoms with Crippen molar-refractivity contribution in [3.05, 3.63) is 64.3 Å². The Morgan fingerprint density at radius 1 is 1.08 bits per heavy atom. The lowest BCUT2D eigenvalue weighted by Crippen LogP contribution is -2.26. The average Bonchev–Trinajstić information content (AvgIpc) is 2.91. The Kier molecular flexibility index (Phi) is 5.38. The number of amides is 1. The highest BCUT2D eigenvalue weighted by Crippen LogP contribution is 2.22. The summed E-state index contributed by atoms with van der Waals surface area (Å²) >= 11 is 12.2. The molecule has 0 atom stereocenters. The highest BCUT2D eigenvalue weighted by molar-refractivity contribution is 6.34. The van der Waals surface area contributed by atoms with Gasteiger partial charge in [-0.25, -0.2) is 0 Å². The van der Waals surface area contributed by atoms with E-state index in [1.807, 2.05) is 48.5 Å². The maximum Gasteiger partial charge on any atom is 0.221 e. The first-order valence-corrected chi connectivity index (χ1v) is 8.52. The number of fused-ring (bicyclic) bond motifs is 1. The van der Waals surface area contributed by atoms with E-state index in [2.05, 4.69) is 10.4 Å². The zero-order chi connectivity index (χ0) is 16.9. The number of halogens is 2. The lowest BCUT2D eigenvalue weighted by atomic mass is 10.1. The minimum atomic E-state index is -0.0160. The first kappa shape index (κ1) is 16.8. The summed E-state index contributed by atoms with van der Waals surface area (Å²) in [5.41, 5.74) is 1.97. The second-order valence-electron chi connectivity index (χ2n) is 5.47. The fourth-order valence-corrected chi connectivity index (χ4v) is 3.07. The average molecular weight is 362 g/mol. The fraction of sp³-hybridized carbons (Fsp3) is 0.222. The van der Waals surface area contributed by atoms with Crippen LogP contribution in [0.4, 0.5) is 0 Å². The number of hydrogen-bond acceptors (Lipinski definition) is 2. The van der Waals surface area contributed by atoms with Crippen LogP contribution in [0, 0.1) is 0 Å². The molecule has 0 spiro atoms. The molecular weight excluding hydrogens is 345 g/mol. The first-order chi connectivity index (χ1) is 11.6. The zero-order valence-electron chi connectivity index (χ0n) is 13.0. The summed E-state index contributed by atoms with van der Waals surface area (Å²) < 4.78 is 1.77. The number of carbonyl (C=O) groups excluding carboxylic acids is 1. The van der Waals surface area contributed by atoms with Crippen molar-refractivity contribution in [2.24, 2.45) is 0 Å². The van der Waals surface area contributed by atoms with Gasteiger partial charge >= 0.3 is 0 Å². The minimum Gasteiger partial charge on any atom is -0.356 e. The van der Waals surface area contributed by atoms with Crippen molar-refractivity contribution in [1.82, 2.24) is 15.1 Å². The second kappa shape index (κ2) is 7.69. The van der Waals surface area contributed by atoms with Crippen LogP contribution in [0.3, 0.4) is 0 Å². The van der Waals surface area contributed by atoms with Gasteiger partial charge in [-0.15, -0.1) is 0 Å². The number of rotatable bonds is 6. The van der Waals surface area contributed by atoms with Crippen molar-refractivity contribution in [3.8, 4) is 0 Å². The molecule has 0 radical (unpaired) electrons. The molecule has 1 aromatic heterocycles. The van der Waals surface area contributed by atoms with Crippen molar-refractivity contribution in [1.29, 1.82) is 0 Å². The van der Waals surface area contributed by atoms with Crippen LogP contribution < -0.4 is 5.32 Å². The smallest absolute Gasteiger partial charge is 0.221 e. The number of nitrogens with zero attached hydrogens (tertiary/aromatic N) is 2. The van der Waals surface area contributed by atoms with Crippen molar-refractivity contribution in [2.45, 2.75) is 19.4 Å². The molecule has 0 bridgehead atoms. The van der Waals surface area contributed by atoms with E-state index < -0.39 is 0 Å². The van der Waals surface area contributed by atoms with E-state index in [4.69, 9.17) is 23.2 Å². The van der Waals surface area contributed by atoms with Crippen molar-refractivity contribution in [3.63, 3.8) is 0 Å². The van der Waals surface area contributed by atoms with E-state index >= 15 is 0 Å². The summed E-state index contributed by atoms with van der Waals surface area (Å²) in [6.07, 6.45) is 1.06. The monoisotopic (exact) mass is 361 g/mol. The standard InChI is InChI=1S/C18H17Cl2N3O/c19-15-7-3-1-5-13(15)9-11-21-17(24)10-12-23-16-8-4-2-6-14(16)18(20)22-23/h1-8H,9-12H2,(H,21,24). The van der Waals surface area contributed by atoms with Gasteiger partial charge in [0.2, 0.25) is 5.91 Å². The van der Waals surface area contributed by atoms with Gasteiger partial charge in [0.15, 0.2) is 5.15 Å². The number of aryl methyl sites for hydroxylation is 1. The van der Waals surface area contributed by atoms with Gasteiger partial charge in [-0.3, -0.25) is 9.48 Å². The summed E-state index contributed by atoms with van der Waals surface area (Å²) in [6.45, 7) is 1.05. The van der Waals surface area contributed by atoms with Gasteiger partial charge < -0.3 is 5.32 Å². The van der Waals surface area contributed by atoms with Gasteiger partial charge in [-0.2, -0.15) is 5.10 Å². The Hall–Kier alpha value is -2.04. The molecule has 4 nitrogen and oxygen atoms in total. The van der Waals surface area contributed by atoms with Gasteiger partial charge in [-0.1, -0.05) is 53.5 Å². The molecule has 0 saturated carbocycles. The third-order valence-electron chi connectivity index (χ3n) is 3.84. The van der Waals surface area contributed by atoms with E-state index in [0.717, 1.165) is 21.5 Å². The Bertz CT molecular complexity index is 860. The Morgan fingerprint density at radius 2 is 1.83 bits per heavy atom. The number of carbonyl (C=O) groups is 1. The van der Waals surface area contributed by atoms with Crippen LogP contribution in [0.1, 0.15) is 12.0 Å². The van der Waals surface area contributed by atoms with E-state index in [0.29, 0.717) is 31.1 Å². The second-order valence-corrected chi connectivity index (χ2v) is 6.24. The SMILES string of the molecule is O=C(CCn1nc(Cl)c2ccccc21)NCCc1ccccc1Cl. The molecule has 24 heavy (non-hydrogen) atoms. The third-order valence-corrected chi connectivity index (χ3v) is 4.49. The molecular formula is C18H17Cl2N3O. The number of aromatic nitrogens is 2. The van der Waals surface area contributed by atoms with E-state index in [1.165, 1.54) is 0 Å². The predicted molar refractivity (Wildman–Crippen MR) is 97.5 cm³/mol. The summed E-state index contributed by atoms with van der Waals surface area (Å²) in [4.78, 5) is 12.0. The molecule has 1 amide bonds. The molecule has 0 fully saturated rings. The van der Waals surface area contributed by atoms with Crippen LogP contribution in [0.2, 0.25) is 10.2 Å². The zero-order valence-corrected chi connectivity index (χ0v) is 14.5. The quantitative estimate of drug-likeness (QED) is 0.718. The van der Waals surface area contributed by atoms with Crippen LogP contribution in [0.15, 0.2) is 48.5 Å². The molecule has 1 heterocycles. The number of nitrogens with one attached hydrogen (secondary N) is 1. The van der Waals surface area contributed by atoms with Crippen LogP contribution in [0.25, 0.3) is 10.9 Å². The van der Waals surface area contributed by atoms with Crippen LogP contribution in [-0.2, 0) is 17.8 Å². The molecule has 124 valence electrons. The summed E-state index contributed by atoms with van der Waals surface area (Å²) in [6, 6.07) is 15.4. The minimum absolute atomic E-state index is 0.0160. The molecule has 3 rings (SSSR count). The van der Waals surface area contributed by atoms with Crippen molar-refractivity contribution in [2.75, 3.05) is 6.54 Å². The highest BCUT2D eigenvalue weighted by Gasteiger charge is 2.09. The number of para-hydroxylation sites is 1. The molecule has 0 unspecified atom stereocenters. The van der Waals surface area contributed by atoms with E-state index in [1.54, 1.807) is 4.68 Å². The largest absolute Gasteiger partial charge is 0.356 e. The Balaban J connectivity index is 1.51. The van der Waals surface area contributed by atoms with Crippen LogP contribution >= 0.6 is 23.2 Å². The summed E-state index contributed by atoms with van der Waals surface area (Å²) in [7, 11) is 0. The first-order valence-electron chi connectivity index (χ1n) is 7.76. The molecule has 1 N–H and O–H groups in total. The van der Waals surface area contributed by atoms with Gasteiger partial charge in [0, 0.05) is 23.4 Å². The van der Waals surface area contributed by atoms with Gasteiger partial charge in [0.25, 0.3) is 0 Å². The topological polar surface area (TPSA) is 46.9 Å². The Morgan fingerprint density at radius 3 is 2.67 bits per heavy atom. The maximum absolute atomic E-state index is 12.0. The van der Waals surface area contributed by atoms with E-state index in [9.17, 15) is 4.79 Å². The molecule has 6 heteroatoms. The van der Waals surface area contributed by atoms with E-state index in [-0.39, 0.29) is 5.91 Å². The fourth-order valence-electron chi connectivity index (χ4n) is 2.59. The lowest BCUT2D eigenvalue weighted by Gasteiger charge is -2.07. The van der Waals surface area contributed by atoms with Crippen LogP contribution in [0.5, 0.6) is 0 Å². The number of benzene rings is 2. The normalized spacial score (nSPS) is 10.9. The van der Waals surface area contributed by atoms with Crippen molar-refractivity contribution < 1.29 is 4.79 Å². The molecule has 0 saturated heterocycles. The van der Waals surface area contributed by atoms with Gasteiger partial charge in [-0.05, 0) is 30.2 Å². The highest BCUT2D eigenvalue weighted by atomic mass is 35.5.